The summed E-state index contributed by atoms with van der Waals surface area (Å²) in [7, 11) is 1.96. The first-order valence-corrected chi connectivity index (χ1v) is 7.95. The fourth-order valence-corrected chi connectivity index (χ4v) is 3.09. The third-order valence-electron chi connectivity index (χ3n) is 3.78. The summed E-state index contributed by atoms with van der Waals surface area (Å²) < 4.78 is 14.3. The standard InChI is InChI=1S/C18H21BrFN/c1-12-4-5-13(2)15(6-12)10-18(21-3)9-14-7-16(19)11-17(20)8-14/h4-8,11,18,21H,9-10H2,1-3H3. The SMILES string of the molecule is CNC(Cc1cc(F)cc(Br)c1)Cc1cc(C)ccc1C. The van der Waals surface area contributed by atoms with Gasteiger partial charge in [0.25, 0.3) is 0 Å². The molecule has 2 aromatic rings. The quantitative estimate of drug-likeness (QED) is 0.832. The van der Waals surface area contributed by atoms with Crippen molar-refractivity contribution in [2.24, 2.45) is 0 Å². The van der Waals surface area contributed by atoms with Crippen molar-refractivity contribution in [2.45, 2.75) is 32.7 Å². The molecular formula is C18H21BrFN. The fraction of sp³-hybridized carbons (Fsp3) is 0.333. The maximum Gasteiger partial charge on any atom is 0.124 e. The lowest BCUT2D eigenvalue weighted by atomic mass is 9.95. The molecule has 1 atom stereocenters. The number of aryl methyl sites for hydroxylation is 2. The van der Waals surface area contributed by atoms with E-state index < -0.39 is 0 Å². The van der Waals surface area contributed by atoms with Crippen LogP contribution >= 0.6 is 15.9 Å². The van der Waals surface area contributed by atoms with Gasteiger partial charge in [-0.05, 0) is 68.6 Å². The van der Waals surface area contributed by atoms with Crippen molar-refractivity contribution in [3.63, 3.8) is 0 Å². The van der Waals surface area contributed by atoms with Crippen molar-refractivity contribution in [1.29, 1.82) is 0 Å². The highest BCUT2D eigenvalue weighted by atomic mass is 79.9. The number of likely N-dealkylation sites (N-methyl/N-ethyl adjacent to an activating group) is 1. The first-order valence-electron chi connectivity index (χ1n) is 7.16. The predicted octanol–water partition coefficient (Wildman–Crippen LogP) is 4.58. The van der Waals surface area contributed by atoms with Gasteiger partial charge < -0.3 is 5.32 Å². The van der Waals surface area contributed by atoms with Gasteiger partial charge in [-0.3, -0.25) is 0 Å². The Hall–Kier alpha value is -1.19. The Morgan fingerprint density at radius 1 is 1.10 bits per heavy atom. The van der Waals surface area contributed by atoms with Crippen LogP contribution in [-0.4, -0.2) is 13.1 Å². The molecule has 0 amide bonds. The van der Waals surface area contributed by atoms with Gasteiger partial charge in [0.2, 0.25) is 0 Å². The van der Waals surface area contributed by atoms with Crippen LogP contribution in [-0.2, 0) is 12.8 Å². The van der Waals surface area contributed by atoms with E-state index in [0.29, 0.717) is 6.04 Å². The van der Waals surface area contributed by atoms with Crippen molar-refractivity contribution in [2.75, 3.05) is 7.05 Å². The fourth-order valence-electron chi connectivity index (χ4n) is 2.58. The van der Waals surface area contributed by atoms with Crippen LogP contribution in [0, 0.1) is 19.7 Å². The summed E-state index contributed by atoms with van der Waals surface area (Å²) in [5.41, 5.74) is 4.94. The van der Waals surface area contributed by atoms with Crippen LogP contribution < -0.4 is 5.32 Å². The second-order valence-electron chi connectivity index (χ2n) is 5.60. The summed E-state index contributed by atoms with van der Waals surface area (Å²) in [6.45, 7) is 4.25. The zero-order chi connectivity index (χ0) is 15.4. The Balaban J connectivity index is 2.14. The number of halogens is 2. The van der Waals surface area contributed by atoms with E-state index in [9.17, 15) is 4.39 Å². The van der Waals surface area contributed by atoms with E-state index in [1.807, 2.05) is 13.1 Å². The number of nitrogens with one attached hydrogen (secondary N) is 1. The average molecular weight is 350 g/mol. The molecule has 0 aliphatic rings. The smallest absolute Gasteiger partial charge is 0.124 e. The molecule has 2 rings (SSSR count). The summed E-state index contributed by atoms with van der Waals surface area (Å²) in [5, 5.41) is 3.35. The molecule has 0 aliphatic carbocycles. The topological polar surface area (TPSA) is 12.0 Å². The molecule has 1 nitrogen and oxygen atoms in total. The summed E-state index contributed by atoms with van der Waals surface area (Å²) in [5.74, 6) is -0.194. The largest absolute Gasteiger partial charge is 0.316 e. The molecule has 21 heavy (non-hydrogen) atoms. The van der Waals surface area contributed by atoms with Gasteiger partial charge >= 0.3 is 0 Å². The van der Waals surface area contributed by atoms with Crippen molar-refractivity contribution in [3.05, 3.63) is 68.9 Å². The molecule has 0 spiro atoms. The monoisotopic (exact) mass is 349 g/mol. The number of rotatable bonds is 5. The summed E-state index contributed by atoms with van der Waals surface area (Å²) in [6, 6.07) is 11.9. The molecule has 1 N–H and O–H groups in total. The predicted molar refractivity (Wildman–Crippen MR) is 90.3 cm³/mol. The molecule has 3 heteroatoms. The third-order valence-corrected chi connectivity index (χ3v) is 4.24. The molecule has 0 saturated heterocycles. The Bertz CT molecular complexity index is 604. The summed E-state index contributed by atoms with van der Waals surface area (Å²) in [6.07, 6.45) is 1.75. The van der Waals surface area contributed by atoms with Crippen LogP contribution in [0.3, 0.4) is 0 Å². The normalized spacial score (nSPS) is 12.4. The molecule has 0 fully saturated rings. The van der Waals surface area contributed by atoms with Gasteiger partial charge in [0.1, 0.15) is 5.82 Å². The van der Waals surface area contributed by atoms with Gasteiger partial charge in [0.15, 0.2) is 0 Å². The lowest BCUT2D eigenvalue weighted by Crippen LogP contribution is -2.30. The number of benzene rings is 2. The summed E-state index contributed by atoms with van der Waals surface area (Å²) >= 11 is 3.35. The van der Waals surface area contributed by atoms with E-state index in [0.717, 1.165) is 22.9 Å². The zero-order valence-corrected chi connectivity index (χ0v) is 14.3. The lowest BCUT2D eigenvalue weighted by molar-refractivity contribution is 0.551. The minimum absolute atomic E-state index is 0.194. The van der Waals surface area contributed by atoms with Crippen LogP contribution in [0.4, 0.5) is 4.39 Å². The first-order chi connectivity index (χ1) is 9.97. The van der Waals surface area contributed by atoms with Crippen LogP contribution in [0.15, 0.2) is 40.9 Å². The highest BCUT2D eigenvalue weighted by Gasteiger charge is 2.11. The first kappa shape index (κ1) is 16.2. The second kappa shape index (κ2) is 7.19. The maximum atomic E-state index is 13.5. The Morgan fingerprint density at radius 2 is 1.86 bits per heavy atom. The van der Waals surface area contributed by atoms with Crippen molar-refractivity contribution >= 4 is 15.9 Å². The molecule has 112 valence electrons. The van der Waals surface area contributed by atoms with E-state index in [-0.39, 0.29) is 5.82 Å². The Morgan fingerprint density at radius 3 is 2.52 bits per heavy atom. The molecule has 0 saturated carbocycles. The average Bonchev–Trinajstić information content (AvgIpc) is 2.41. The second-order valence-corrected chi connectivity index (χ2v) is 6.52. The van der Waals surface area contributed by atoms with Gasteiger partial charge in [-0.15, -0.1) is 0 Å². The number of hydrogen-bond acceptors (Lipinski definition) is 1. The molecule has 0 radical (unpaired) electrons. The molecule has 0 heterocycles. The minimum atomic E-state index is -0.194. The van der Waals surface area contributed by atoms with Crippen LogP contribution in [0.1, 0.15) is 22.3 Å². The Labute approximate surface area is 134 Å². The summed E-state index contributed by atoms with van der Waals surface area (Å²) in [4.78, 5) is 0. The maximum absolute atomic E-state index is 13.5. The highest BCUT2D eigenvalue weighted by molar-refractivity contribution is 9.10. The third kappa shape index (κ3) is 4.65. The molecule has 0 bridgehead atoms. The van der Waals surface area contributed by atoms with Crippen LogP contribution in [0.2, 0.25) is 0 Å². The Kier molecular flexibility index (Phi) is 5.54. The van der Waals surface area contributed by atoms with E-state index in [2.05, 4.69) is 53.3 Å². The van der Waals surface area contributed by atoms with E-state index in [4.69, 9.17) is 0 Å². The van der Waals surface area contributed by atoms with Crippen molar-refractivity contribution in [1.82, 2.24) is 5.32 Å². The van der Waals surface area contributed by atoms with Crippen molar-refractivity contribution < 1.29 is 4.39 Å². The number of hydrogen-bond donors (Lipinski definition) is 1. The van der Waals surface area contributed by atoms with Crippen LogP contribution in [0.25, 0.3) is 0 Å². The molecular weight excluding hydrogens is 329 g/mol. The molecule has 0 aromatic heterocycles. The van der Waals surface area contributed by atoms with E-state index >= 15 is 0 Å². The van der Waals surface area contributed by atoms with Crippen molar-refractivity contribution in [3.8, 4) is 0 Å². The molecule has 0 aliphatic heterocycles. The van der Waals surface area contributed by atoms with Gasteiger partial charge in [0, 0.05) is 10.5 Å². The lowest BCUT2D eigenvalue weighted by Gasteiger charge is -2.18. The molecule has 2 aromatic carbocycles. The van der Waals surface area contributed by atoms with Crippen LogP contribution in [0.5, 0.6) is 0 Å². The zero-order valence-electron chi connectivity index (χ0n) is 12.7. The van der Waals surface area contributed by atoms with E-state index in [1.54, 1.807) is 6.07 Å². The highest BCUT2D eigenvalue weighted by Crippen LogP contribution is 2.18. The van der Waals surface area contributed by atoms with Gasteiger partial charge in [-0.2, -0.15) is 0 Å². The molecule has 1 unspecified atom stereocenters. The van der Waals surface area contributed by atoms with E-state index in [1.165, 1.54) is 22.8 Å². The minimum Gasteiger partial charge on any atom is -0.316 e. The van der Waals surface area contributed by atoms with Gasteiger partial charge in [0.05, 0.1) is 0 Å². The van der Waals surface area contributed by atoms with Gasteiger partial charge in [-0.25, -0.2) is 4.39 Å². The van der Waals surface area contributed by atoms with Gasteiger partial charge in [-0.1, -0.05) is 39.7 Å².